The molecule has 0 saturated carbocycles. The van der Waals surface area contributed by atoms with Crippen molar-refractivity contribution in [2.24, 2.45) is 5.73 Å². The van der Waals surface area contributed by atoms with Gasteiger partial charge >= 0.3 is 6.18 Å². The largest absolute Gasteiger partial charge is 0.435 e. The van der Waals surface area contributed by atoms with Gasteiger partial charge in [-0.15, -0.1) is 0 Å². The third kappa shape index (κ3) is 2.74. The van der Waals surface area contributed by atoms with Crippen molar-refractivity contribution in [1.82, 2.24) is 9.78 Å². The van der Waals surface area contributed by atoms with E-state index in [1.54, 1.807) is 13.8 Å². The second kappa shape index (κ2) is 4.15. The maximum atomic E-state index is 12.4. The van der Waals surface area contributed by atoms with Gasteiger partial charge in [-0.05, 0) is 12.0 Å². The van der Waals surface area contributed by atoms with Crippen molar-refractivity contribution < 1.29 is 13.2 Å². The first-order chi connectivity index (χ1) is 7.21. The van der Waals surface area contributed by atoms with Gasteiger partial charge in [0.05, 0.1) is 6.54 Å². The Morgan fingerprint density at radius 3 is 2.50 bits per heavy atom. The summed E-state index contributed by atoms with van der Waals surface area (Å²) in [6, 6.07) is 0.994. The molecule has 3 N–H and O–H groups in total. The standard InChI is InChI=1S/C9H13F3N4/c1-5(2)6-3-7(9(10,11)12)15-16(6)4-8(13)14/h3,5H,4H2,1-2H3,(H3,13,14). The van der Waals surface area contributed by atoms with Crippen LogP contribution >= 0.6 is 0 Å². The third-order valence-electron chi connectivity index (χ3n) is 2.01. The minimum absolute atomic E-state index is 0.108. The van der Waals surface area contributed by atoms with Gasteiger partial charge in [0.15, 0.2) is 5.69 Å². The number of rotatable bonds is 3. The molecule has 0 bridgehead atoms. The molecular weight excluding hydrogens is 221 g/mol. The monoisotopic (exact) mass is 234 g/mol. The number of aromatic nitrogens is 2. The van der Waals surface area contributed by atoms with Gasteiger partial charge in [-0.3, -0.25) is 10.1 Å². The summed E-state index contributed by atoms with van der Waals surface area (Å²) in [6.45, 7) is 3.39. The Hall–Kier alpha value is -1.53. The molecule has 0 fully saturated rings. The van der Waals surface area contributed by atoms with Crippen LogP contribution < -0.4 is 5.73 Å². The minimum Gasteiger partial charge on any atom is -0.386 e. The van der Waals surface area contributed by atoms with Crippen LogP contribution in [0.1, 0.15) is 31.2 Å². The van der Waals surface area contributed by atoms with E-state index in [9.17, 15) is 13.2 Å². The van der Waals surface area contributed by atoms with Crippen LogP contribution in [0.5, 0.6) is 0 Å². The number of nitrogens with one attached hydrogen (secondary N) is 1. The zero-order valence-corrected chi connectivity index (χ0v) is 8.97. The molecule has 90 valence electrons. The van der Waals surface area contributed by atoms with E-state index in [2.05, 4.69) is 5.10 Å². The van der Waals surface area contributed by atoms with Crippen molar-refractivity contribution in [2.75, 3.05) is 0 Å². The van der Waals surface area contributed by atoms with Gasteiger partial charge in [0, 0.05) is 5.69 Å². The number of amidine groups is 1. The fourth-order valence-corrected chi connectivity index (χ4v) is 1.32. The van der Waals surface area contributed by atoms with Crippen LogP contribution in [0.3, 0.4) is 0 Å². The van der Waals surface area contributed by atoms with Gasteiger partial charge in [0.2, 0.25) is 0 Å². The van der Waals surface area contributed by atoms with E-state index in [-0.39, 0.29) is 18.3 Å². The molecule has 0 aliphatic carbocycles. The lowest BCUT2D eigenvalue weighted by Gasteiger charge is -2.08. The Bertz CT molecular complexity index is 392. The van der Waals surface area contributed by atoms with Gasteiger partial charge in [0.25, 0.3) is 0 Å². The van der Waals surface area contributed by atoms with E-state index in [4.69, 9.17) is 11.1 Å². The molecule has 0 atom stereocenters. The summed E-state index contributed by atoms with van der Waals surface area (Å²) in [5, 5.41) is 10.5. The molecule has 1 aromatic heterocycles. The highest BCUT2D eigenvalue weighted by Crippen LogP contribution is 2.30. The Morgan fingerprint density at radius 2 is 2.12 bits per heavy atom. The first-order valence-corrected chi connectivity index (χ1v) is 4.69. The van der Waals surface area contributed by atoms with E-state index in [1.807, 2.05) is 0 Å². The minimum atomic E-state index is -4.47. The van der Waals surface area contributed by atoms with Crippen molar-refractivity contribution in [3.8, 4) is 0 Å². The Balaban J connectivity index is 3.15. The molecule has 1 aromatic rings. The first-order valence-electron chi connectivity index (χ1n) is 4.69. The molecule has 7 heteroatoms. The number of nitrogens with zero attached hydrogens (tertiary/aromatic N) is 2. The van der Waals surface area contributed by atoms with Crippen molar-refractivity contribution in [3.05, 3.63) is 17.5 Å². The van der Waals surface area contributed by atoms with Gasteiger partial charge in [-0.1, -0.05) is 13.8 Å². The molecule has 0 radical (unpaired) electrons. The number of nitrogens with two attached hydrogens (primary N) is 1. The quantitative estimate of drug-likeness (QED) is 0.620. The topological polar surface area (TPSA) is 67.7 Å². The normalized spacial score (nSPS) is 12.1. The molecule has 4 nitrogen and oxygen atoms in total. The number of halogens is 3. The van der Waals surface area contributed by atoms with Gasteiger partial charge in [0.1, 0.15) is 5.84 Å². The number of hydrogen-bond donors (Lipinski definition) is 2. The van der Waals surface area contributed by atoms with Crippen molar-refractivity contribution in [2.45, 2.75) is 32.5 Å². The van der Waals surface area contributed by atoms with Crippen LogP contribution in [-0.4, -0.2) is 15.6 Å². The number of hydrogen-bond acceptors (Lipinski definition) is 2. The summed E-state index contributed by atoms with van der Waals surface area (Å²) < 4.78 is 38.4. The van der Waals surface area contributed by atoms with Gasteiger partial charge in [-0.25, -0.2) is 0 Å². The molecule has 0 amide bonds. The van der Waals surface area contributed by atoms with E-state index < -0.39 is 11.9 Å². The van der Waals surface area contributed by atoms with E-state index in [0.717, 1.165) is 10.7 Å². The van der Waals surface area contributed by atoms with Crippen molar-refractivity contribution in [1.29, 1.82) is 5.41 Å². The summed E-state index contributed by atoms with van der Waals surface area (Å²) in [7, 11) is 0. The van der Waals surface area contributed by atoms with Crippen molar-refractivity contribution >= 4 is 5.84 Å². The van der Waals surface area contributed by atoms with Gasteiger partial charge < -0.3 is 5.73 Å². The summed E-state index contributed by atoms with van der Waals surface area (Å²) in [5.41, 5.74) is 4.63. The van der Waals surface area contributed by atoms with Gasteiger partial charge in [-0.2, -0.15) is 18.3 Å². The fraction of sp³-hybridized carbons (Fsp3) is 0.556. The van der Waals surface area contributed by atoms with E-state index >= 15 is 0 Å². The maximum absolute atomic E-state index is 12.4. The van der Waals surface area contributed by atoms with E-state index in [0.29, 0.717) is 5.69 Å². The van der Waals surface area contributed by atoms with Crippen LogP contribution in [0.4, 0.5) is 13.2 Å². The first kappa shape index (κ1) is 12.5. The number of alkyl halides is 3. The lowest BCUT2D eigenvalue weighted by atomic mass is 10.1. The predicted octanol–water partition coefficient (Wildman–Crippen LogP) is 1.96. The predicted molar refractivity (Wildman–Crippen MR) is 53.2 cm³/mol. The maximum Gasteiger partial charge on any atom is 0.435 e. The molecule has 0 aliphatic rings. The SMILES string of the molecule is CC(C)c1cc(C(F)(F)F)nn1CC(=N)N. The molecular formula is C9H13F3N4. The second-order valence-corrected chi connectivity index (χ2v) is 3.79. The highest BCUT2D eigenvalue weighted by molar-refractivity contribution is 5.76. The summed E-state index contributed by atoms with van der Waals surface area (Å²) in [5.74, 6) is -0.332. The lowest BCUT2D eigenvalue weighted by Crippen LogP contribution is -2.21. The zero-order valence-electron chi connectivity index (χ0n) is 8.97. The summed E-state index contributed by atoms with van der Waals surface area (Å²) >= 11 is 0. The van der Waals surface area contributed by atoms with Crippen LogP contribution in [0.15, 0.2) is 6.07 Å². The summed E-state index contributed by atoms with van der Waals surface area (Å²) in [4.78, 5) is 0. The van der Waals surface area contributed by atoms with Crippen LogP contribution in [0.25, 0.3) is 0 Å². The summed E-state index contributed by atoms with van der Waals surface area (Å²) in [6.07, 6.45) is -4.47. The Labute approximate surface area is 90.8 Å². The van der Waals surface area contributed by atoms with Crippen molar-refractivity contribution in [3.63, 3.8) is 0 Å². The molecule has 0 aromatic carbocycles. The van der Waals surface area contributed by atoms with E-state index in [1.165, 1.54) is 0 Å². The fourth-order valence-electron chi connectivity index (χ4n) is 1.32. The van der Waals surface area contributed by atoms with Crippen LogP contribution in [0.2, 0.25) is 0 Å². The zero-order chi connectivity index (χ0) is 12.5. The molecule has 16 heavy (non-hydrogen) atoms. The Morgan fingerprint density at radius 1 is 1.56 bits per heavy atom. The molecule has 0 saturated heterocycles. The average molecular weight is 234 g/mol. The highest BCUT2D eigenvalue weighted by Gasteiger charge is 2.35. The molecule has 0 unspecified atom stereocenters. The lowest BCUT2D eigenvalue weighted by molar-refractivity contribution is -0.141. The van der Waals surface area contributed by atoms with Crippen LogP contribution in [0, 0.1) is 5.41 Å². The Kier molecular flexibility index (Phi) is 3.25. The molecule has 0 aliphatic heterocycles. The molecule has 1 rings (SSSR count). The third-order valence-corrected chi connectivity index (χ3v) is 2.01. The molecule has 0 spiro atoms. The average Bonchev–Trinajstić information content (AvgIpc) is 2.45. The van der Waals surface area contributed by atoms with Crippen LogP contribution in [-0.2, 0) is 12.7 Å². The smallest absolute Gasteiger partial charge is 0.386 e. The second-order valence-electron chi connectivity index (χ2n) is 3.79. The highest BCUT2D eigenvalue weighted by atomic mass is 19.4. The molecule has 1 heterocycles.